The molecule has 0 bridgehead atoms. The molecule has 4 rings (SSSR count). The van der Waals surface area contributed by atoms with E-state index in [1.807, 2.05) is 0 Å². The Balaban J connectivity index is 1.76. The van der Waals surface area contributed by atoms with Gasteiger partial charge in [0.25, 0.3) is 11.7 Å². The summed E-state index contributed by atoms with van der Waals surface area (Å²) in [5.41, 5.74) is 1.92. The number of aromatic nitrogens is 2. The SMILES string of the molecule is CCCCOc1cccc(C(O)=C2C(=O)C(=O)N(Cc3ccncc3)C2c2cccnc2)c1. The summed E-state index contributed by atoms with van der Waals surface area (Å²) in [5, 5.41) is 11.2. The molecule has 7 nitrogen and oxygen atoms in total. The van der Waals surface area contributed by atoms with Crippen LogP contribution in [0.25, 0.3) is 5.76 Å². The highest BCUT2D eigenvalue weighted by atomic mass is 16.5. The second kappa shape index (κ2) is 10.1. The first-order valence-electron chi connectivity index (χ1n) is 10.9. The number of unbranched alkanes of at least 4 members (excludes halogenated alkanes) is 1. The number of carbonyl (C=O) groups is 2. The van der Waals surface area contributed by atoms with Crippen molar-refractivity contribution in [2.45, 2.75) is 32.4 Å². The van der Waals surface area contributed by atoms with Crippen molar-refractivity contribution in [1.29, 1.82) is 0 Å². The molecule has 7 heteroatoms. The number of pyridine rings is 2. The fraction of sp³-hybridized carbons (Fsp3) is 0.231. The minimum absolute atomic E-state index is 0.0350. The van der Waals surface area contributed by atoms with Crippen LogP contribution in [0.1, 0.15) is 42.5 Å². The van der Waals surface area contributed by atoms with Gasteiger partial charge in [-0.3, -0.25) is 19.6 Å². The Morgan fingerprint density at radius 2 is 1.88 bits per heavy atom. The fourth-order valence-corrected chi connectivity index (χ4v) is 3.84. The molecule has 0 saturated carbocycles. The van der Waals surface area contributed by atoms with Crippen LogP contribution in [0.2, 0.25) is 0 Å². The van der Waals surface area contributed by atoms with Crippen LogP contribution in [-0.4, -0.2) is 38.3 Å². The molecule has 1 fully saturated rings. The molecule has 0 spiro atoms. The zero-order valence-corrected chi connectivity index (χ0v) is 18.3. The summed E-state index contributed by atoms with van der Waals surface area (Å²) in [7, 11) is 0. The Morgan fingerprint density at radius 1 is 1.06 bits per heavy atom. The monoisotopic (exact) mass is 443 g/mol. The van der Waals surface area contributed by atoms with Crippen molar-refractivity contribution in [2.75, 3.05) is 6.61 Å². The van der Waals surface area contributed by atoms with Gasteiger partial charge >= 0.3 is 0 Å². The first-order valence-corrected chi connectivity index (χ1v) is 10.9. The Hall–Kier alpha value is -4.00. The lowest BCUT2D eigenvalue weighted by atomic mass is 9.96. The van der Waals surface area contributed by atoms with E-state index in [2.05, 4.69) is 16.9 Å². The van der Waals surface area contributed by atoms with E-state index in [0.717, 1.165) is 18.4 Å². The molecule has 2 aromatic heterocycles. The van der Waals surface area contributed by atoms with Gasteiger partial charge in [-0.2, -0.15) is 0 Å². The molecule has 3 heterocycles. The van der Waals surface area contributed by atoms with Crippen molar-refractivity contribution < 1.29 is 19.4 Å². The number of ether oxygens (including phenoxy) is 1. The molecular weight excluding hydrogens is 418 g/mol. The van der Waals surface area contributed by atoms with Crippen LogP contribution < -0.4 is 4.74 Å². The van der Waals surface area contributed by atoms with Crippen LogP contribution in [0.3, 0.4) is 0 Å². The number of aliphatic hydroxyl groups excluding tert-OH is 1. The normalized spacial score (nSPS) is 17.4. The molecule has 0 aliphatic carbocycles. The van der Waals surface area contributed by atoms with E-state index >= 15 is 0 Å². The van der Waals surface area contributed by atoms with E-state index in [4.69, 9.17) is 4.74 Å². The number of ketones is 1. The number of rotatable bonds is 8. The molecule has 1 atom stereocenters. The van der Waals surface area contributed by atoms with Gasteiger partial charge in [-0.1, -0.05) is 31.5 Å². The first-order chi connectivity index (χ1) is 16.1. The van der Waals surface area contributed by atoms with Crippen LogP contribution in [0.4, 0.5) is 0 Å². The summed E-state index contributed by atoms with van der Waals surface area (Å²) < 4.78 is 5.75. The number of Topliss-reactive ketones (excluding diaryl/α,β-unsaturated/α-hetero) is 1. The number of hydrogen-bond acceptors (Lipinski definition) is 6. The average molecular weight is 444 g/mol. The summed E-state index contributed by atoms with van der Waals surface area (Å²) in [5.74, 6) is -1.04. The van der Waals surface area contributed by atoms with Crippen LogP contribution >= 0.6 is 0 Å². The summed E-state index contributed by atoms with van der Waals surface area (Å²) in [4.78, 5) is 35.8. The lowest BCUT2D eigenvalue weighted by molar-refractivity contribution is -0.140. The van der Waals surface area contributed by atoms with Gasteiger partial charge < -0.3 is 14.7 Å². The molecule has 1 aliphatic rings. The van der Waals surface area contributed by atoms with Gasteiger partial charge in [-0.05, 0) is 47.9 Å². The standard InChI is InChI=1S/C26H25N3O4/c1-2-3-14-33-21-8-4-6-19(15-21)24(30)22-23(20-7-5-11-28-16-20)29(26(32)25(22)31)17-18-9-12-27-13-10-18/h4-13,15-16,23,30H,2-3,14,17H2,1H3. The Morgan fingerprint density at radius 3 is 2.61 bits per heavy atom. The van der Waals surface area contributed by atoms with E-state index in [1.165, 1.54) is 4.90 Å². The second-order valence-corrected chi connectivity index (χ2v) is 7.80. The van der Waals surface area contributed by atoms with E-state index < -0.39 is 17.7 Å². The van der Waals surface area contributed by atoms with Gasteiger partial charge in [0.1, 0.15) is 11.5 Å². The molecule has 168 valence electrons. The topological polar surface area (TPSA) is 92.6 Å². The molecule has 3 aromatic rings. The number of benzene rings is 1. The number of likely N-dealkylation sites (tertiary alicyclic amines) is 1. The quantitative estimate of drug-likeness (QED) is 0.242. The molecule has 1 aromatic carbocycles. The summed E-state index contributed by atoms with van der Waals surface area (Å²) >= 11 is 0. The molecule has 1 amide bonds. The van der Waals surface area contributed by atoms with E-state index in [1.54, 1.807) is 73.3 Å². The number of nitrogens with zero attached hydrogens (tertiary/aromatic N) is 3. The molecule has 33 heavy (non-hydrogen) atoms. The highest BCUT2D eigenvalue weighted by Gasteiger charge is 2.46. The third kappa shape index (κ3) is 4.77. The van der Waals surface area contributed by atoms with Gasteiger partial charge in [0.2, 0.25) is 0 Å². The maximum atomic E-state index is 13.1. The third-order valence-corrected chi connectivity index (χ3v) is 5.52. The Bertz CT molecular complexity index is 1160. The van der Waals surface area contributed by atoms with E-state index in [-0.39, 0.29) is 17.9 Å². The minimum atomic E-state index is -0.767. The van der Waals surface area contributed by atoms with Gasteiger partial charge in [0, 0.05) is 36.9 Å². The van der Waals surface area contributed by atoms with Crippen LogP contribution in [0, 0.1) is 0 Å². The maximum absolute atomic E-state index is 13.1. The fourth-order valence-electron chi connectivity index (χ4n) is 3.84. The third-order valence-electron chi connectivity index (χ3n) is 5.52. The zero-order chi connectivity index (χ0) is 23.2. The van der Waals surface area contributed by atoms with Gasteiger partial charge in [-0.25, -0.2) is 0 Å². The highest BCUT2D eigenvalue weighted by molar-refractivity contribution is 6.46. The maximum Gasteiger partial charge on any atom is 0.295 e. The van der Waals surface area contributed by atoms with Crippen molar-refractivity contribution in [1.82, 2.24) is 14.9 Å². The number of amides is 1. The predicted octanol–water partition coefficient (Wildman–Crippen LogP) is 4.28. The van der Waals surface area contributed by atoms with Gasteiger partial charge in [0.15, 0.2) is 0 Å². The number of hydrogen-bond donors (Lipinski definition) is 1. The second-order valence-electron chi connectivity index (χ2n) is 7.80. The molecule has 1 unspecified atom stereocenters. The molecule has 0 radical (unpaired) electrons. The minimum Gasteiger partial charge on any atom is -0.507 e. The molecule has 1 saturated heterocycles. The van der Waals surface area contributed by atoms with Crippen LogP contribution in [-0.2, 0) is 16.1 Å². The summed E-state index contributed by atoms with van der Waals surface area (Å²) in [6.45, 7) is 2.84. The van der Waals surface area contributed by atoms with E-state index in [0.29, 0.717) is 23.5 Å². The van der Waals surface area contributed by atoms with Crippen LogP contribution in [0.15, 0.2) is 78.9 Å². The van der Waals surface area contributed by atoms with Gasteiger partial charge in [-0.15, -0.1) is 0 Å². The highest BCUT2D eigenvalue weighted by Crippen LogP contribution is 2.40. The lowest BCUT2D eigenvalue weighted by Gasteiger charge is -2.25. The van der Waals surface area contributed by atoms with Crippen molar-refractivity contribution >= 4 is 17.4 Å². The zero-order valence-electron chi connectivity index (χ0n) is 18.3. The summed E-state index contributed by atoms with van der Waals surface area (Å²) in [6.07, 6.45) is 8.41. The Kier molecular flexibility index (Phi) is 6.78. The summed E-state index contributed by atoms with van der Waals surface area (Å²) in [6, 6.07) is 13.3. The molecule has 1 aliphatic heterocycles. The largest absolute Gasteiger partial charge is 0.507 e. The van der Waals surface area contributed by atoms with E-state index in [9.17, 15) is 14.7 Å². The first kappa shape index (κ1) is 22.2. The van der Waals surface area contributed by atoms with Crippen molar-refractivity contribution in [3.8, 4) is 5.75 Å². The number of aliphatic hydroxyl groups is 1. The van der Waals surface area contributed by atoms with Crippen LogP contribution in [0.5, 0.6) is 5.75 Å². The predicted molar refractivity (Wildman–Crippen MR) is 123 cm³/mol. The average Bonchev–Trinajstić information content (AvgIpc) is 3.10. The molecular formula is C26H25N3O4. The van der Waals surface area contributed by atoms with Crippen molar-refractivity contribution in [3.63, 3.8) is 0 Å². The Labute approximate surface area is 192 Å². The number of carbonyl (C=O) groups excluding carboxylic acids is 2. The van der Waals surface area contributed by atoms with Gasteiger partial charge in [0.05, 0.1) is 18.2 Å². The smallest absolute Gasteiger partial charge is 0.295 e. The van der Waals surface area contributed by atoms with Crippen molar-refractivity contribution in [3.05, 3.63) is 95.6 Å². The molecule has 1 N–H and O–H groups in total. The lowest BCUT2D eigenvalue weighted by Crippen LogP contribution is -2.29. The van der Waals surface area contributed by atoms with Crippen molar-refractivity contribution in [2.24, 2.45) is 0 Å².